The molecule has 0 aromatic heterocycles. The predicted molar refractivity (Wildman–Crippen MR) is 92.3 cm³/mol. The molecule has 1 aliphatic heterocycles. The number of esters is 1. The van der Waals surface area contributed by atoms with Crippen molar-refractivity contribution in [1.29, 1.82) is 0 Å². The van der Waals surface area contributed by atoms with Crippen LogP contribution in [0, 0.1) is 0 Å². The van der Waals surface area contributed by atoms with E-state index in [4.69, 9.17) is 10.5 Å². The molecule has 1 fully saturated rings. The van der Waals surface area contributed by atoms with Crippen LogP contribution in [-0.4, -0.2) is 55.6 Å². The minimum Gasteiger partial charge on any atom is -0.462 e. The van der Waals surface area contributed by atoms with Gasteiger partial charge in [0.2, 0.25) is 0 Å². The Morgan fingerprint density at radius 1 is 1.32 bits per heavy atom. The third-order valence-electron chi connectivity index (χ3n) is 4.18. The van der Waals surface area contributed by atoms with Crippen LogP contribution in [0.1, 0.15) is 28.4 Å². The van der Waals surface area contributed by atoms with Crippen LogP contribution in [-0.2, 0) is 17.5 Å². The van der Waals surface area contributed by atoms with Crippen LogP contribution >= 0.6 is 15.9 Å². The molecule has 25 heavy (non-hydrogen) atoms. The zero-order valence-corrected chi connectivity index (χ0v) is 15.7. The lowest BCUT2D eigenvalue weighted by molar-refractivity contribution is -0.138. The summed E-state index contributed by atoms with van der Waals surface area (Å²) in [6.07, 6.45) is -4.60. The van der Waals surface area contributed by atoms with E-state index in [0.29, 0.717) is 13.1 Å². The predicted octanol–water partition coefficient (Wildman–Crippen LogP) is 2.97. The quantitative estimate of drug-likeness (QED) is 0.595. The first kappa shape index (κ1) is 20.0. The van der Waals surface area contributed by atoms with Crippen molar-refractivity contribution < 1.29 is 22.7 Å². The highest BCUT2D eigenvalue weighted by atomic mass is 79.9. The van der Waals surface area contributed by atoms with Gasteiger partial charge in [-0.25, -0.2) is 4.79 Å². The number of nitrogens with zero attached hydrogens (tertiary/aromatic N) is 2. The van der Waals surface area contributed by atoms with Gasteiger partial charge in [0.05, 0.1) is 23.4 Å². The van der Waals surface area contributed by atoms with Crippen molar-refractivity contribution in [2.24, 2.45) is 0 Å². The fourth-order valence-electron chi connectivity index (χ4n) is 2.72. The number of rotatable bonds is 4. The number of hydrogen-bond acceptors (Lipinski definition) is 5. The van der Waals surface area contributed by atoms with Crippen molar-refractivity contribution in [2.45, 2.75) is 19.6 Å². The lowest BCUT2D eigenvalue weighted by Crippen LogP contribution is -2.44. The van der Waals surface area contributed by atoms with E-state index in [1.54, 1.807) is 6.92 Å². The maximum absolute atomic E-state index is 13.6. The molecule has 1 aromatic rings. The highest BCUT2D eigenvalue weighted by molar-refractivity contribution is 9.10. The lowest BCUT2D eigenvalue weighted by Gasteiger charge is -2.33. The maximum atomic E-state index is 13.6. The van der Waals surface area contributed by atoms with E-state index in [0.717, 1.165) is 19.2 Å². The Hall–Kier alpha value is -1.32. The summed E-state index contributed by atoms with van der Waals surface area (Å²) in [5.74, 6) is -0.864. The van der Waals surface area contributed by atoms with E-state index >= 15 is 0 Å². The van der Waals surface area contributed by atoms with Crippen LogP contribution < -0.4 is 5.73 Å². The van der Waals surface area contributed by atoms with Crippen molar-refractivity contribution in [3.8, 4) is 0 Å². The van der Waals surface area contributed by atoms with Gasteiger partial charge in [-0.3, -0.25) is 4.90 Å². The summed E-state index contributed by atoms with van der Waals surface area (Å²) in [7, 11) is 1.97. The Balaban J connectivity index is 2.44. The molecule has 2 N–H and O–H groups in total. The highest BCUT2D eigenvalue weighted by Gasteiger charge is 2.37. The van der Waals surface area contributed by atoms with Gasteiger partial charge >= 0.3 is 12.1 Å². The first-order valence-corrected chi connectivity index (χ1v) is 8.70. The summed E-state index contributed by atoms with van der Waals surface area (Å²) in [5, 5.41) is 0. The van der Waals surface area contributed by atoms with Gasteiger partial charge in [-0.15, -0.1) is 0 Å². The van der Waals surface area contributed by atoms with Crippen molar-refractivity contribution in [1.82, 2.24) is 9.80 Å². The maximum Gasteiger partial charge on any atom is 0.416 e. The number of carbonyl (C=O) groups is 1. The first-order valence-electron chi connectivity index (χ1n) is 7.91. The van der Waals surface area contributed by atoms with Crippen molar-refractivity contribution in [3.63, 3.8) is 0 Å². The second kappa shape index (κ2) is 7.92. The van der Waals surface area contributed by atoms with Gasteiger partial charge in [-0.05, 0) is 41.5 Å². The fraction of sp³-hybridized carbons (Fsp3) is 0.562. The van der Waals surface area contributed by atoms with Crippen LogP contribution in [0.5, 0.6) is 0 Å². The Morgan fingerprint density at radius 3 is 2.44 bits per heavy atom. The van der Waals surface area contributed by atoms with E-state index in [1.807, 2.05) is 11.9 Å². The van der Waals surface area contributed by atoms with Gasteiger partial charge < -0.3 is 15.4 Å². The molecule has 0 bridgehead atoms. The molecule has 0 spiro atoms. The van der Waals surface area contributed by atoms with Crippen LogP contribution in [0.3, 0.4) is 0 Å². The normalized spacial score (nSPS) is 16.9. The number of anilines is 1. The van der Waals surface area contributed by atoms with Gasteiger partial charge in [-0.1, -0.05) is 0 Å². The molecule has 0 atom stereocenters. The van der Waals surface area contributed by atoms with Gasteiger partial charge in [0.15, 0.2) is 0 Å². The Morgan fingerprint density at radius 2 is 1.92 bits per heavy atom. The molecule has 140 valence electrons. The van der Waals surface area contributed by atoms with Crippen LogP contribution in [0.25, 0.3) is 0 Å². The molecule has 2 rings (SSSR count). The molecule has 0 radical (unpaired) electrons. The van der Waals surface area contributed by atoms with Crippen LogP contribution in [0.2, 0.25) is 0 Å². The summed E-state index contributed by atoms with van der Waals surface area (Å²) in [5.41, 5.74) is 4.78. The smallest absolute Gasteiger partial charge is 0.416 e. The molecule has 1 aliphatic rings. The Labute approximate surface area is 153 Å². The Kier molecular flexibility index (Phi) is 6.34. The molecule has 1 saturated heterocycles. The second-order valence-electron chi connectivity index (χ2n) is 5.98. The number of hydrogen-bond donors (Lipinski definition) is 1. The van der Waals surface area contributed by atoms with Gasteiger partial charge in [0.1, 0.15) is 0 Å². The van der Waals surface area contributed by atoms with Gasteiger partial charge in [0, 0.05) is 37.2 Å². The zero-order chi connectivity index (χ0) is 18.8. The van der Waals surface area contributed by atoms with Crippen molar-refractivity contribution in [2.75, 3.05) is 45.6 Å². The molecule has 0 unspecified atom stereocenters. The van der Waals surface area contributed by atoms with Crippen molar-refractivity contribution in [3.05, 3.63) is 27.2 Å². The molecule has 1 aromatic carbocycles. The molecule has 5 nitrogen and oxygen atoms in total. The van der Waals surface area contributed by atoms with E-state index in [2.05, 4.69) is 20.8 Å². The minimum atomic E-state index is -4.60. The number of ether oxygens (including phenoxy) is 1. The molecule has 0 aliphatic carbocycles. The van der Waals surface area contributed by atoms with Crippen LogP contribution in [0.15, 0.2) is 10.5 Å². The van der Waals surface area contributed by atoms with Crippen molar-refractivity contribution >= 4 is 27.6 Å². The van der Waals surface area contributed by atoms with E-state index in [-0.39, 0.29) is 34.4 Å². The number of likely N-dealkylation sites (N-methyl/N-ethyl adjacent to an activating group) is 1. The monoisotopic (exact) mass is 423 g/mol. The molecule has 1 heterocycles. The standard InChI is InChI=1S/C16H21BrF3N3O2/c1-3-25-15(24)10-8-12(16(18,19)20)11(13(17)14(10)21)9-23-6-4-22(2)5-7-23/h8H,3-7,9,21H2,1-2H3. The summed E-state index contributed by atoms with van der Waals surface area (Å²) in [6.45, 7) is 4.65. The van der Waals surface area contributed by atoms with E-state index in [1.165, 1.54) is 0 Å². The third-order valence-corrected chi connectivity index (χ3v) is 5.09. The number of nitrogen functional groups attached to an aromatic ring is 1. The summed E-state index contributed by atoms with van der Waals surface area (Å²) < 4.78 is 45.6. The Bertz CT molecular complexity index is 644. The topological polar surface area (TPSA) is 58.8 Å². The summed E-state index contributed by atoms with van der Waals surface area (Å²) in [4.78, 5) is 16.0. The summed E-state index contributed by atoms with van der Waals surface area (Å²) in [6, 6.07) is 0.795. The van der Waals surface area contributed by atoms with Gasteiger partial charge in [0.25, 0.3) is 0 Å². The summed E-state index contributed by atoms with van der Waals surface area (Å²) >= 11 is 3.16. The number of benzene rings is 1. The van der Waals surface area contributed by atoms with E-state index < -0.39 is 17.7 Å². The average Bonchev–Trinajstić information content (AvgIpc) is 2.53. The minimum absolute atomic E-state index is 0.0319. The first-order chi connectivity index (χ1) is 11.6. The number of halogens is 4. The number of alkyl halides is 3. The molecule has 9 heteroatoms. The third kappa shape index (κ3) is 4.65. The zero-order valence-electron chi connectivity index (χ0n) is 14.1. The number of nitrogens with two attached hydrogens (primary N) is 1. The lowest BCUT2D eigenvalue weighted by atomic mass is 10.0. The molecule has 0 amide bonds. The number of piperazine rings is 1. The fourth-order valence-corrected chi connectivity index (χ4v) is 3.28. The SMILES string of the molecule is CCOC(=O)c1cc(C(F)(F)F)c(CN2CCN(C)CC2)c(Br)c1N. The second-order valence-corrected chi connectivity index (χ2v) is 6.77. The average molecular weight is 424 g/mol. The highest BCUT2D eigenvalue weighted by Crippen LogP contribution is 2.40. The molecular formula is C16H21BrF3N3O2. The molecular weight excluding hydrogens is 403 g/mol. The number of carbonyl (C=O) groups excluding carboxylic acids is 1. The largest absolute Gasteiger partial charge is 0.462 e. The molecule has 0 saturated carbocycles. The van der Waals surface area contributed by atoms with Gasteiger partial charge in [-0.2, -0.15) is 13.2 Å². The van der Waals surface area contributed by atoms with E-state index in [9.17, 15) is 18.0 Å². The van der Waals surface area contributed by atoms with Crippen LogP contribution in [0.4, 0.5) is 18.9 Å².